The monoisotopic (exact) mass is 1160 g/mol. The summed E-state index contributed by atoms with van der Waals surface area (Å²) in [5.41, 5.74) is 0. The van der Waals surface area contributed by atoms with Crippen molar-refractivity contribution in [1.29, 1.82) is 0 Å². The molecule has 0 heterocycles. The van der Waals surface area contributed by atoms with Gasteiger partial charge in [0.2, 0.25) is 0 Å². The molecule has 0 fully saturated rings. The lowest BCUT2D eigenvalue weighted by Gasteiger charge is -2.18. The molecule has 6 heteroatoms. The molecule has 0 saturated carbocycles. The average Bonchev–Trinajstić information content (AvgIpc) is 3.49. The highest BCUT2D eigenvalue weighted by Crippen LogP contribution is 2.18. The lowest BCUT2D eigenvalue weighted by atomic mass is 10.0. The van der Waals surface area contributed by atoms with E-state index in [9.17, 15) is 14.4 Å². The molecule has 0 N–H and O–H groups in total. The second-order valence-corrected chi connectivity index (χ2v) is 24.8. The summed E-state index contributed by atoms with van der Waals surface area (Å²) in [5.74, 6) is -0.873. The van der Waals surface area contributed by atoms with Crippen LogP contribution in [0.5, 0.6) is 0 Å². The lowest BCUT2D eigenvalue weighted by Crippen LogP contribution is -2.30. The van der Waals surface area contributed by atoms with Gasteiger partial charge in [-0.3, -0.25) is 14.4 Å². The number of hydrogen-bond donors (Lipinski definition) is 0. The number of carbonyl (C=O) groups is 3. The quantitative estimate of drug-likeness (QED) is 0.0261. The van der Waals surface area contributed by atoms with Crippen LogP contribution >= 0.6 is 0 Å². The Morgan fingerprint density at radius 2 is 0.458 bits per heavy atom. The first kappa shape index (κ1) is 80.1. The number of ether oxygens (including phenoxy) is 3. The van der Waals surface area contributed by atoms with Crippen molar-refractivity contribution in [1.82, 2.24) is 0 Å². The van der Waals surface area contributed by atoms with E-state index in [0.717, 1.165) is 89.9 Å². The minimum absolute atomic E-state index is 0.0771. The Bertz CT molecular complexity index is 1470. The molecule has 0 aliphatic heterocycles. The molecule has 0 aliphatic rings. The van der Waals surface area contributed by atoms with E-state index in [2.05, 4.69) is 81.5 Å². The summed E-state index contributed by atoms with van der Waals surface area (Å²) in [6, 6.07) is 0. The summed E-state index contributed by atoms with van der Waals surface area (Å²) in [4.78, 5) is 38.4. The third-order valence-corrected chi connectivity index (χ3v) is 16.4. The number of unbranched alkanes of at least 4 members (excludes halogenated alkanes) is 47. The van der Waals surface area contributed by atoms with Crippen molar-refractivity contribution < 1.29 is 28.6 Å². The first-order chi connectivity index (χ1) is 41.0. The summed E-state index contributed by atoms with van der Waals surface area (Å²) < 4.78 is 17.0. The molecule has 0 rings (SSSR count). The Labute approximate surface area is 517 Å². The summed E-state index contributed by atoms with van der Waals surface area (Å²) in [6.07, 6.45) is 92.7. The molecule has 0 spiro atoms. The van der Waals surface area contributed by atoms with Gasteiger partial charge >= 0.3 is 17.9 Å². The molecule has 1 unspecified atom stereocenters. The van der Waals surface area contributed by atoms with Gasteiger partial charge in [-0.2, -0.15) is 0 Å². The van der Waals surface area contributed by atoms with E-state index in [1.165, 1.54) is 263 Å². The Kier molecular flexibility index (Phi) is 69.1. The van der Waals surface area contributed by atoms with Gasteiger partial charge in [-0.15, -0.1) is 0 Å². The van der Waals surface area contributed by atoms with Crippen LogP contribution in [-0.4, -0.2) is 37.2 Å². The fourth-order valence-electron chi connectivity index (χ4n) is 10.9. The Balaban J connectivity index is 4.18. The number of rotatable bonds is 68. The molecule has 0 aromatic rings. The normalized spacial score (nSPS) is 12.4. The molecule has 0 radical (unpaired) electrons. The molecule has 0 bridgehead atoms. The van der Waals surface area contributed by atoms with Crippen molar-refractivity contribution in [3.05, 3.63) is 60.8 Å². The van der Waals surface area contributed by atoms with Gasteiger partial charge in [-0.1, -0.05) is 332 Å². The van der Waals surface area contributed by atoms with Gasteiger partial charge < -0.3 is 14.2 Å². The van der Waals surface area contributed by atoms with Gasteiger partial charge in [0.05, 0.1) is 0 Å². The zero-order chi connectivity index (χ0) is 59.9. The topological polar surface area (TPSA) is 78.9 Å². The molecular formula is C77H140O6. The zero-order valence-electron chi connectivity index (χ0n) is 55.7. The van der Waals surface area contributed by atoms with Crippen LogP contribution in [0.25, 0.3) is 0 Å². The van der Waals surface area contributed by atoms with Crippen LogP contribution in [0.3, 0.4) is 0 Å². The summed E-state index contributed by atoms with van der Waals surface area (Å²) in [5, 5.41) is 0. The summed E-state index contributed by atoms with van der Waals surface area (Å²) in [7, 11) is 0. The van der Waals surface area contributed by atoms with Crippen molar-refractivity contribution >= 4 is 17.9 Å². The molecule has 484 valence electrons. The standard InChI is InChI=1S/C77H140O6/c1-4-7-10-13-16-19-22-25-27-29-31-33-34-35-36-37-38-39-40-41-42-44-45-47-49-52-55-58-61-64-67-70-76(79)82-73-74(72-81-75(78)69-66-63-60-57-54-51-24-21-18-15-12-9-6-3)83-77(80)71-68-65-62-59-56-53-50-48-46-43-32-30-28-26-23-20-17-14-11-8-5-2/h12,15,21,23-24,26,29-32,74H,4-11,13-14,16-20,22,25,27-28,33-73H2,1-3H3/b15-12-,24-21-,26-23-,31-29-,32-30-. The van der Waals surface area contributed by atoms with E-state index >= 15 is 0 Å². The number of allylic oxidation sites excluding steroid dienone is 10. The predicted octanol–water partition coefficient (Wildman–Crippen LogP) is 25.5. The van der Waals surface area contributed by atoms with Crippen molar-refractivity contribution in [3.63, 3.8) is 0 Å². The molecular weight excluding hydrogens is 1020 g/mol. The predicted molar refractivity (Wildman–Crippen MR) is 362 cm³/mol. The number of carbonyl (C=O) groups excluding carboxylic acids is 3. The third kappa shape index (κ3) is 69.8. The maximum atomic E-state index is 13.0. The van der Waals surface area contributed by atoms with E-state index in [1.807, 2.05) is 0 Å². The largest absolute Gasteiger partial charge is 0.462 e. The van der Waals surface area contributed by atoms with Crippen LogP contribution in [0, 0.1) is 0 Å². The summed E-state index contributed by atoms with van der Waals surface area (Å²) in [6.45, 7) is 6.61. The average molecular weight is 1160 g/mol. The van der Waals surface area contributed by atoms with Crippen molar-refractivity contribution in [2.24, 2.45) is 0 Å². The van der Waals surface area contributed by atoms with Gasteiger partial charge in [0.15, 0.2) is 6.10 Å². The highest BCUT2D eigenvalue weighted by molar-refractivity contribution is 5.71. The molecule has 0 aromatic heterocycles. The van der Waals surface area contributed by atoms with Crippen molar-refractivity contribution in [3.8, 4) is 0 Å². The highest BCUT2D eigenvalue weighted by atomic mass is 16.6. The van der Waals surface area contributed by atoms with E-state index in [1.54, 1.807) is 0 Å². The van der Waals surface area contributed by atoms with E-state index < -0.39 is 6.10 Å². The maximum absolute atomic E-state index is 13.0. The Morgan fingerprint density at radius 1 is 0.241 bits per heavy atom. The molecule has 0 aliphatic carbocycles. The maximum Gasteiger partial charge on any atom is 0.306 e. The van der Waals surface area contributed by atoms with Crippen LogP contribution in [0.2, 0.25) is 0 Å². The van der Waals surface area contributed by atoms with Crippen LogP contribution in [-0.2, 0) is 28.6 Å². The first-order valence-corrected chi connectivity index (χ1v) is 36.8. The first-order valence-electron chi connectivity index (χ1n) is 36.8. The molecule has 0 amide bonds. The SMILES string of the molecule is CCC/C=C\C/C=C\CCCCCCCC(=O)OCC(COC(=O)CCCCCCCCCCCCCCCCCCCCC/C=C\CCCCCCCCCC)OC(=O)CCCCCCCCCCC/C=C\C/C=C\CCCCCCC. The minimum Gasteiger partial charge on any atom is -0.462 e. The van der Waals surface area contributed by atoms with Crippen LogP contribution < -0.4 is 0 Å². The minimum atomic E-state index is -0.783. The molecule has 6 nitrogen and oxygen atoms in total. The van der Waals surface area contributed by atoms with Gasteiger partial charge in [0, 0.05) is 19.3 Å². The smallest absolute Gasteiger partial charge is 0.306 e. The van der Waals surface area contributed by atoms with E-state index in [4.69, 9.17) is 14.2 Å². The molecule has 83 heavy (non-hydrogen) atoms. The molecule has 0 aromatic carbocycles. The van der Waals surface area contributed by atoms with Gasteiger partial charge in [0.1, 0.15) is 13.2 Å². The Morgan fingerprint density at radius 3 is 0.723 bits per heavy atom. The molecule has 0 saturated heterocycles. The summed E-state index contributed by atoms with van der Waals surface area (Å²) >= 11 is 0. The zero-order valence-corrected chi connectivity index (χ0v) is 55.7. The van der Waals surface area contributed by atoms with E-state index in [0.29, 0.717) is 19.3 Å². The van der Waals surface area contributed by atoms with Gasteiger partial charge in [-0.05, 0) is 103 Å². The number of esters is 3. The third-order valence-electron chi connectivity index (χ3n) is 16.4. The molecule has 1 atom stereocenters. The van der Waals surface area contributed by atoms with Crippen molar-refractivity contribution in [2.75, 3.05) is 13.2 Å². The lowest BCUT2D eigenvalue weighted by molar-refractivity contribution is -0.167. The van der Waals surface area contributed by atoms with Crippen LogP contribution in [0.1, 0.15) is 393 Å². The van der Waals surface area contributed by atoms with Gasteiger partial charge in [0.25, 0.3) is 0 Å². The van der Waals surface area contributed by atoms with Crippen LogP contribution in [0.15, 0.2) is 60.8 Å². The fraction of sp³-hybridized carbons (Fsp3) is 0.831. The highest BCUT2D eigenvalue weighted by Gasteiger charge is 2.19. The second kappa shape index (κ2) is 71.6. The Hall–Kier alpha value is -2.89. The van der Waals surface area contributed by atoms with E-state index in [-0.39, 0.29) is 31.1 Å². The van der Waals surface area contributed by atoms with Crippen molar-refractivity contribution in [2.45, 2.75) is 399 Å². The number of hydrogen-bond acceptors (Lipinski definition) is 6. The van der Waals surface area contributed by atoms with Gasteiger partial charge in [-0.25, -0.2) is 0 Å². The second-order valence-electron chi connectivity index (χ2n) is 24.8. The fourth-order valence-corrected chi connectivity index (χ4v) is 10.9. The van der Waals surface area contributed by atoms with Crippen LogP contribution in [0.4, 0.5) is 0 Å².